The number of hydrogen-bond acceptors (Lipinski definition) is 5. The first-order chi connectivity index (χ1) is 12.2. The molecule has 4 heterocycles. The lowest BCUT2D eigenvalue weighted by Gasteiger charge is -2.23. The number of aryl methyl sites for hydroxylation is 1. The van der Waals surface area contributed by atoms with Gasteiger partial charge >= 0.3 is 0 Å². The van der Waals surface area contributed by atoms with Gasteiger partial charge in [0.1, 0.15) is 5.69 Å². The Morgan fingerprint density at radius 1 is 1.36 bits per heavy atom. The topological polar surface area (TPSA) is 45.7 Å². The number of hydrogen-bond donors (Lipinski definition) is 0. The molecule has 2 fully saturated rings. The van der Waals surface area contributed by atoms with E-state index in [9.17, 15) is 4.79 Å². The van der Waals surface area contributed by atoms with E-state index in [0.717, 1.165) is 38.3 Å². The number of carbonyl (C=O) groups excluding carboxylic acids is 1. The first-order valence-electron chi connectivity index (χ1n) is 8.76. The molecule has 2 saturated heterocycles. The Labute approximate surface area is 152 Å². The number of thiophene rings is 1. The van der Waals surface area contributed by atoms with Crippen LogP contribution in [0.5, 0.6) is 0 Å². The number of likely N-dealkylation sites (tertiary alicyclic amines) is 1. The minimum absolute atomic E-state index is 0.0183. The van der Waals surface area contributed by atoms with Gasteiger partial charge in [0.25, 0.3) is 5.91 Å². The molecule has 0 bridgehead atoms. The Morgan fingerprint density at radius 3 is 3.08 bits per heavy atom. The van der Waals surface area contributed by atoms with Gasteiger partial charge in [0, 0.05) is 44.8 Å². The second-order valence-electron chi connectivity index (χ2n) is 6.96. The SMILES string of the molecule is Cc1ccnc(C(=O)N2C[C@@H]3CN(Cc4ccsc4)CCO[C@@H]3C2)c1. The monoisotopic (exact) mass is 357 g/mol. The summed E-state index contributed by atoms with van der Waals surface area (Å²) in [5, 5.41) is 4.33. The second kappa shape index (κ2) is 7.23. The standard InChI is InChI=1S/C19H23N3O2S/c1-14-2-4-20-17(8-14)19(23)22-11-16-10-21(5-6-24-18(16)12-22)9-15-3-7-25-13-15/h2-4,7-8,13,16,18H,5-6,9-12H2,1H3/t16-,18+/m0/s1. The van der Waals surface area contributed by atoms with Crippen molar-refractivity contribution < 1.29 is 9.53 Å². The molecule has 2 aliphatic rings. The van der Waals surface area contributed by atoms with Crippen LogP contribution in [0.4, 0.5) is 0 Å². The maximum Gasteiger partial charge on any atom is 0.272 e. The number of nitrogens with zero attached hydrogens (tertiary/aromatic N) is 3. The van der Waals surface area contributed by atoms with Gasteiger partial charge in [-0.25, -0.2) is 0 Å². The first kappa shape index (κ1) is 16.7. The van der Waals surface area contributed by atoms with E-state index >= 15 is 0 Å². The third-order valence-corrected chi connectivity index (χ3v) is 5.75. The van der Waals surface area contributed by atoms with E-state index in [4.69, 9.17) is 4.74 Å². The smallest absolute Gasteiger partial charge is 0.272 e. The van der Waals surface area contributed by atoms with Crippen LogP contribution in [0.1, 0.15) is 21.6 Å². The molecule has 2 aromatic rings. The fourth-order valence-electron chi connectivity index (χ4n) is 3.73. The fourth-order valence-corrected chi connectivity index (χ4v) is 4.39. The van der Waals surface area contributed by atoms with Crippen molar-refractivity contribution in [3.63, 3.8) is 0 Å². The summed E-state index contributed by atoms with van der Waals surface area (Å²) in [4.78, 5) is 21.4. The third kappa shape index (κ3) is 3.76. The molecule has 5 nitrogen and oxygen atoms in total. The lowest BCUT2D eigenvalue weighted by Crippen LogP contribution is -2.34. The summed E-state index contributed by atoms with van der Waals surface area (Å²) in [7, 11) is 0. The van der Waals surface area contributed by atoms with E-state index < -0.39 is 0 Å². The van der Waals surface area contributed by atoms with Crippen LogP contribution in [0.2, 0.25) is 0 Å². The van der Waals surface area contributed by atoms with Gasteiger partial charge in [-0.1, -0.05) is 0 Å². The van der Waals surface area contributed by atoms with Crippen LogP contribution in [0.15, 0.2) is 35.2 Å². The van der Waals surface area contributed by atoms with Gasteiger partial charge in [-0.2, -0.15) is 11.3 Å². The number of aromatic nitrogens is 1. The lowest BCUT2D eigenvalue weighted by molar-refractivity contribution is 0.0482. The molecule has 0 aromatic carbocycles. The predicted molar refractivity (Wildman–Crippen MR) is 97.7 cm³/mol. The van der Waals surface area contributed by atoms with E-state index in [1.807, 2.05) is 24.0 Å². The van der Waals surface area contributed by atoms with Crippen LogP contribution in [0, 0.1) is 12.8 Å². The number of fused-ring (bicyclic) bond motifs is 1. The van der Waals surface area contributed by atoms with Crippen molar-refractivity contribution in [3.8, 4) is 0 Å². The minimum atomic E-state index is 0.0183. The molecule has 1 amide bonds. The number of rotatable bonds is 3. The van der Waals surface area contributed by atoms with Gasteiger partial charge in [-0.05, 0) is 47.0 Å². The molecule has 132 valence electrons. The number of carbonyl (C=O) groups is 1. The van der Waals surface area contributed by atoms with Crippen molar-refractivity contribution in [2.45, 2.75) is 19.6 Å². The summed E-state index contributed by atoms with van der Waals surface area (Å²) >= 11 is 1.74. The summed E-state index contributed by atoms with van der Waals surface area (Å²) < 4.78 is 6.06. The van der Waals surface area contributed by atoms with Crippen molar-refractivity contribution in [1.29, 1.82) is 0 Å². The molecule has 0 N–H and O–H groups in total. The molecular formula is C19H23N3O2S. The summed E-state index contributed by atoms with van der Waals surface area (Å²) in [5.41, 5.74) is 2.95. The Morgan fingerprint density at radius 2 is 2.28 bits per heavy atom. The van der Waals surface area contributed by atoms with Crippen LogP contribution >= 0.6 is 11.3 Å². The highest BCUT2D eigenvalue weighted by molar-refractivity contribution is 7.07. The Balaban J connectivity index is 1.42. The number of ether oxygens (including phenoxy) is 1. The quantitative estimate of drug-likeness (QED) is 0.846. The van der Waals surface area contributed by atoms with Crippen LogP contribution in [0.3, 0.4) is 0 Å². The highest BCUT2D eigenvalue weighted by Gasteiger charge is 2.39. The zero-order chi connectivity index (χ0) is 17.2. The molecule has 0 aliphatic carbocycles. The van der Waals surface area contributed by atoms with E-state index in [0.29, 0.717) is 18.2 Å². The average Bonchev–Trinajstić information content (AvgIpc) is 3.21. The molecule has 4 rings (SSSR count). The normalized spacial score (nSPS) is 24.1. The molecule has 6 heteroatoms. The Bertz CT molecular complexity index is 734. The zero-order valence-electron chi connectivity index (χ0n) is 14.4. The minimum Gasteiger partial charge on any atom is -0.375 e. The molecule has 0 saturated carbocycles. The summed E-state index contributed by atoms with van der Waals surface area (Å²) in [5.74, 6) is 0.389. The summed E-state index contributed by atoms with van der Waals surface area (Å²) in [6.07, 6.45) is 1.84. The molecular weight excluding hydrogens is 334 g/mol. The Kier molecular flexibility index (Phi) is 4.83. The lowest BCUT2D eigenvalue weighted by atomic mass is 10.1. The van der Waals surface area contributed by atoms with Crippen molar-refractivity contribution in [2.75, 3.05) is 32.8 Å². The van der Waals surface area contributed by atoms with Crippen LogP contribution in [-0.2, 0) is 11.3 Å². The molecule has 0 spiro atoms. The molecule has 2 aliphatic heterocycles. The molecule has 0 unspecified atom stereocenters. The summed E-state index contributed by atoms with van der Waals surface area (Å²) in [6, 6.07) is 5.96. The van der Waals surface area contributed by atoms with Gasteiger partial charge < -0.3 is 9.64 Å². The van der Waals surface area contributed by atoms with Crippen molar-refractivity contribution in [3.05, 3.63) is 52.0 Å². The van der Waals surface area contributed by atoms with E-state index in [-0.39, 0.29) is 12.0 Å². The van der Waals surface area contributed by atoms with Crippen LogP contribution in [0.25, 0.3) is 0 Å². The van der Waals surface area contributed by atoms with Crippen LogP contribution < -0.4 is 0 Å². The van der Waals surface area contributed by atoms with Crippen molar-refractivity contribution >= 4 is 17.2 Å². The third-order valence-electron chi connectivity index (χ3n) is 5.02. The Hall–Kier alpha value is -1.76. The van der Waals surface area contributed by atoms with Gasteiger partial charge in [-0.15, -0.1) is 0 Å². The van der Waals surface area contributed by atoms with E-state index in [2.05, 4.69) is 26.7 Å². The van der Waals surface area contributed by atoms with Gasteiger partial charge in [0.15, 0.2) is 0 Å². The second-order valence-corrected chi connectivity index (χ2v) is 7.74. The van der Waals surface area contributed by atoms with E-state index in [1.165, 1.54) is 5.56 Å². The van der Waals surface area contributed by atoms with Gasteiger partial charge in [-0.3, -0.25) is 14.7 Å². The zero-order valence-corrected chi connectivity index (χ0v) is 15.2. The fraction of sp³-hybridized carbons (Fsp3) is 0.474. The molecule has 25 heavy (non-hydrogen) atoms. The van der Waals surface area contributed by atoms with Crippen molar-refractivity contribution in [2.24, 2.45) is 5.92 Å². The highest BCUT2D eigenvalue weighted by atomic mass is 32.1. The largest absolute Gasteiger partial charge is 0.375 e. The molecule has 2 atom stereocenters. The van der Waals surface area contributed by atoms with Gasteiger partial charge in [0.05, 0.1) is 12.7 Å². The number of pyridine rings is 1. The average molecular weight is 357 g/mol. The van der Waals surface area contributed by atoms with Gasteiger partial charge in [0.2, 0.25) is 0 Å². The summed E-state index contributed by atoms with van der Waals surface area (Å²) in [6.45, 7) is 7.03. The molecule has 0 radical (unpaired) electrons. The van der Waals surface area contributed by atoms with Crippen molar-refractivity contribution in [1.82, 2.24) is 14.8 Å². The first-order valence-corrected chi connectivity index (χ1v) is 9.70. The maximum absolute atomic E-state index is 12.8. The highest BCUT2D eigenvalue weighted by Crippen LogP contribution is 2.26. The van der Waals surface area contributed by atoms with E-state index in [1.54, 1.807) is 17.5 Å². The number of amides is 1. The maximum atomic E-state index is 12.8. The van der Waals surface area contributed by atoms with Crippen LogP contribution in [-0.4, -0.2) is 59.6 Å². The molecule has 2 aromatic heterocycles. The predicted octanol–water partition coefficient (Wildman–Crippen LogP) is 2.42.